The molecule has 2 aromatic rings. The van der Waals surface area contributed by atoms with Crippen LogP contribution in [0.3, 0.4) is 0 Å². The van der Waals surface area contributed by atoms with Gasteiger partial charge in [-0.25, -0.2) is 4.98 Å². The summed E-state index contributed by atoms with van der Waals surface area (Å²) in [5.41, 5.74) is 7.68. The van der Waals surface area contributed by atoms with Crippen LogP contribution in [0.5, 0.6) is 5.75 Å². The van der Waals surface area contributed by atoms with Gasteiger partial charge in [0.2, 0.25) is 0 Å². The first-order valence-corrected chi connectivity index (χ1v) is 5.79. The number of rotatable bonds is 5. The lowest BCUT2D eigenvalue weighted by Crippen LogP contribution is -2.04. The molecule has 0 unspecified atom stereocenters. The van der Waals surface area contributed by atoms with E-state index in [9.17, 15) is 0 Å². The molecule has 0 bridgehead atoms. The van der Waals surface area contributed by atoms with Gasteiger partial charge in [-0.3, -0.25) is 0 Å². The van der Waals surface area contributed by atoms with E-state index in [4.69, 9.17) is 10.5 Å². The van der Waals surface area contributed by atoms with Crippen LogP contribution in [0.1, 0.15) is 19.0 Å². The highest BCUT2D eigenvalue weighted by Gasteiger charge is 2.02. The zero-order valence-corrected chi connectivity index (χ0v) is 9.97. The fraction of sp³-hybridized carbons (Fsp3) is 0.308. The predicted octanol–water partition coefficient (Wildman–Crippen LogP) is 2.12. The average molecular weight is 231 g/mol. The van der Waals surface area contributed by atoms with Gasteiger partial charge in [0.25, 0.3) is 0 Å². The minimum absolute atomic E-state index is 0.480. The molecule has 1 aromatic carbocycles. The Morgan fingerprint density at radius 3 is 2.71 bits per heavy atom. The van der Waals surface area contributed by atoms with E-state index in [-0.39, 0.29) is 0 Å². The van der Waals surface area contributed by atoms with Crippen LogP contribution in [0.2, 0.25) is 0 Å². The number of imidazole rings is 1. The lowest BCUT2D eigenvalue weighted by molar-refractivity contribution is 0.317. The maximum absolute atomic E-state index is 5.64. The monoisotopic (exact) mass is 231 g/mol. The predicted molar refractivity (Wildman–Crippen MR) is 67.2 cm³/mol. The highest BCUT2D eigenvalue weighted by Crippen LogP contribution is 2.16. The molecule has 0 atom stereocenters. The molecule has 0 saturated heterocycles. The molecule has 17 heavy (non-hydrogen) atoms. The molecule has 0 aliphatic carbocycles. The third-order valence-electron chi connectivity index (χ3n) is 2.51. The smallest absolute Gasteiger partial charge is 0.119 e. The summed E-state index contributed by atoms with van der Waals surface area (Å²) in [7, 11) is 0. The van der Waals surface area contributed by atoms with E-state index in [1.165, 1.54) is 0 Å². The van der Waals surface area contributed by atoms with Crippen LogP contribution < -0.4 is 10.5 Å². The molecule has 0 saturated carbocycles. The Hall–Kier alpha value is -1.81. The molecule has 2 rings (SSSR count). The molecular weight excluding hydrogens is 214 g/mol. The standard InChI is InChI=1S/C13H17N3O/c1-2-7-17-13-5-3-11(4-6-13)16-10-15-9-12(16)8-14/h3-6,9-10H,2,7-8,14H2,1H3. The molecule has 0 spiro atoms. The van der Waals surface area contributed by atoms with Crippen molar-refractivity contribution < 1.29 is 4.74 Å². The first-order valence-electron chi connectivity index (χ1n) is 5.79. The average Bonchev–Trinajstić information content (AvgIpc) is 2.85. The lowest BCUT2D eigenvalue weighted by Gasteiger charge is -2.08. The zero-order valence-electron chi connectivity index (χ0n) is 9.97. The van der Waals surface area contributed by atoms with Gasteiger partial charge in [-0.15, -0.1) is 0 Å². The zero-order chi connectivity index (χ0) is 12.1. The van der Waals surface area contributed by atoms with Gasteiger partial charge in [-0.1, -0.05) is 6.92 Å². The highest BCUT2D eigenvalue weighted by atomic mass is 16.5. The summed E-state index contributed by atoms with van der Waals surface area (Å²) >= 11 is 0. The van der Waals surface area contributed by atoms with Crippen molar-refractivity contribution in [2.45, 2.75) is 19.9 Å². The summed E-state index contributed by atoms with van der Waals surface area (Å²) in [5.74, 6) is 0.894. The number of benzene rings is 1. The van der Waals surface area contributed by atoms with Crippen LogP contribution in [0, 0.1) is 0 Å². The summed E-state index contributed by atoms with van der Waals surface area (Å²) in [5, 5.41) is 0. The second-order valence-electron chi connectivity index (χ2n) is 3.80. The first-order chi connectivity index (χ1) is 8.35. The molecule has 0 radical (unpaired) electrons. The number of aromatic nitrogens is 2. The molecule has 1 heterocycles. The van der Waals surface area contributed by atoms with Crippen LogP contribution in [0.15, 0.2) is 36.8 Å². The van der Waals surface area contributed by atoms with Gasteiger partial charge in [0, 0.05) is 18.4 Å². The Balaban J connectivity index is 2.17. The highest BCUT2D eigenvalue weighted by molar-refractivity contribution is 5.38. The van der Waals surface area contributed by atoms with Crippen LogP contribution in [0.4, 0.5) is 0 Å². The van der Waals surface area contributed by atoms with Crippen molar-refractivity contribution in [3.63, 3.8) is 0 Å². The summed E-state index contributed by atoms with van der Waals surface area (Å²) < 4.78 is 7.51. The van der Waals surface area contributed by atoms with Gasteiger partial charge < -0.3 is 15.0 Å². The summed E-state index contributed by atoms with van der Waals surface area (Å²) in [6.07, 6.45) is 4.56. The fourth-order valence-electron chi connectivity index (χ4n) is 1.63. The quantitative estimate of drug-likeness (QED) is 0.857. The number of hydrogen-bond donors (Lipinski definition) is 1. The van der Waals surface area contributed by atoms with Crippen LogP contribution in [-0.2, 0) is 6.54 Å². The van der Waals surface area contributed by atoms with Crippen LogP contribution in [0.25, 0.3) is 5.69 Å². The number of ether oxygens (including phenoxy) is 1. The van der Waals surface area contributed by atoms with E-state index in [0.29, 0.717) is 6.54 Å². The molecular formula is C13H17N3O. The Kier molecular flexibility index (Phi) is 3.77. The fourth-order valence-corrected chi connectivity index (χ4v) is 1.63. The van der Waals surface area contributed by atoms with Gasteiger partial charge in [-0.05, 0) is 30.7 Å². The minimum Gasteiger partial charge on any atom is -0.494 e. The number of hydrogen-bond acceptors (Lipinski definition) is 3. The molecule has 0 aliphatic heterocycles. The largest absolute Gasteiger partial charge is 0.494 e. The van der Waals surface area contributed by atoms with Crippen molar-refractivity contribution in [3.05, 3.63) is 42.5 Å². The van der Waals surface area contributed by atoms with E-state index in [1.807, 2.05) is 28.8 Å². The Labute approximate surface area is 101 Å². The lowest BCUT2D eigenvalue weighted by atomic mass is 10.3. The second-order valence-corrected chi connectivity index (χ2v) is 3.80. The summed E-state index contributed by atoms with van der Waals surface area (Å²) in [6.45, 7) is 3.32. The number of nitrogens with zero attached hydrogens (tertiary/aromatic N) is 2. The van der Waals surface area contributed by atoms with Gasteiger partial charge in [-0.2, -0.15) is 0 Å². The number of nitrogens with two attached hydrogens (primary N) is 1. The molecule has 0 aliphatic rings. The molecule has 4 heteroatoms. The van der Waals surface area contributed by atoms with Crippen molar-refractivity contribution in [1.29, 1.82) is 0 Å². The third kappa shape index (κ3) is 2.65. The Bertz CT molecular complexity index is 462. The molecule has 0 amide bonds. The van der Waals surface area contributed by atoms with E-state index < -0.39 is 0 Å². The maximum Gasteiger partial charge on any atom is 0.119 e. The second kappa shape index (κ2) is 5.50. The Morgan fingerprint density at radius 2 is 2.06 bits per heavy atom. The molecule has 0 fully saturated rings. The van der Waals surface area contributed by atoms with Crippen molar-refractivity contribution in [3.8, 4) is 11.4 Å². The van der Waals surface area contributed by atoms with E-state index in [1.54, 1.807) is 12.5 Å². The molecule has 2 N–H and O–H groups in total. The van der Waals surface area contributed by atoms with Gasteiger partial charge >= 0.3 is 0 Å². The van der Waals surface area contributed by atoms with E-state index in [0.717, 1.165) is 30.2 Å². The summed E-state index contributed by atoms with van der Waals surface area (Å²) in [4.78, 5) is 4.09. The van der Waals surface area contributed by atoms with Gasteiger partial charge in [0.15, 0.2) is 0 Å². The van der Waals surface area contributed by atoms with Crippen molar-refractivity contribution in [1.82, 2.24) is 9.55 Å². The SMILES string of the molecule is CCCOc1ccc(-n2cncc2CN)cc1. The van der Waals surface area contributed by atoms with E-state index >= 15 is 0 Å². The van der Waals surface area contributed by atoms with Gasteiger partial charge in [0.05, 0.1) is 18.6 Å². The van der Waals surface area contributed by atoms with Crippen LogP contribution >= 0.6 is 0 Å². The van der Waals surface area contributed by atoms with Crippen molar-refractivity contribution in [2.24, 2.45) is 5.73 Å². The molecule has 1 aromatic heterocycles. The molecule has 4 nitrogen and oxygen atoms in total. The molecule has 90 valence electrons. The van der Waals surface area contributed by atoms with Crippen LogP contribution in [-0.4, -0.2) is 16.2 Å². The maximum atomic E-state index is 5.64. The first kappa shape index (κ1) is 11.7. The normalized spacial score (nSPS) is 10.5. The van der Waals surface area contributed by atoms with Crippen molar-refractivity contribution >= 4 is 0 Å². The Morgan fingerprint density at radius 1 is 1.29 bits per heavy atom. The summed E-state index contributed by atoms with van der Waals surface area (Å²) in [6, 6.07) is 7.94. The van der Waals surface area contributed by atoms with E-state index in [2.05, 4.69) is 11.9 Å². The minimum atomic E-state index is 0.480. The third-order valence-corrected chi connectivity index (χ3v) is 2.51. The van der Waals surface area contributed by atoms with Crippen molar-refractivity contribution in [2.75, 3.05) is 6.61 Å². The van der Waals surface area contributed by atoms with Gasteiger partial charge in [0.1, 0.15) is 5.75 Å². The topological polar surface area (TPSA) is 53.1 Å².